The summed E-state index contributed by atoms with van der Waals surface area (Å²) in [5, 5.41) is 4.91. The summed E-state index contributed by atoms with van der Waals surface area (Å²) in [7, 11) is -3.17. The smallest absolute Gasteiger partial charge is 0.239 e. The first kappa shape index (κ1) is 16.6. The summed E-state index contributed by atoms with van der Waals surface area (Å²) in [5.74, 6) is -5.10. The molecule has 0 unspecified atom stereocenters. The van der Waals surface area contributed by atoms with E-state index in [1.54, 1.807) is 6.92 Å². The van der Waals surface area contributed by atoms with Crippen molar-refractivity contribution in [3.63, 3.8) is 0 Å². The number of hydrogen-bond acceptors (Lipinski definition) is 4. The van der Waals surface area contributed by atoms with Crippen LogP contribution in [0.2, 0.25) is 0 Å². The fraction of sp³-hybridized carbons (Fsp3) is 0.462. The lowest BCUT2D eigenvalue weighted by Crippen LogP contribution is -2.48. The molecule has 2 rings (SSSR count). The Balaban J connectivity index is 1.95. The topological polar surface area (TPSA) is 75.3 Å². The number of amides is 1. The third-order valence-electron chi connectivity index (χ3n) is 3.42. The first-order valence-corrected chi connectivity index (χ1v) is 8.33. The van der Waals surface area contributed by atoms with E-state index < -0.39 is 45.3 Å². The summed E-state index contributed by atoms with van der Waals surface area (Å²) < 4.78 is 62.1. The average Bonchev–Trinajstić information content (AvgIpc) is 2.69. The quantitative estimate of drug-likeness (QED) is 0.811. The highest BCUT2D eigenvalue weighted by atomic mass is 32.2. The molecule has 1 heterocycles. The van der Waals surface area contributed by atoms with Crippen LogP contribution in [0.3, 0.4) is 0 Å². The number of hydrogen-bond donors (Lipinski definition) is 2. The first-order chi connectivity index (χ1) is 10.1. The molecule has 122 valence electrons. The van der Waals surface area contributed by atoms with Gasteiger partial charge in [-0.15, -0.1) is 0 Å². The Labute approximate surface area is 125 Å². The van der Waals surface area contributed by atoms with Gasteiger partial charge in [0.2, 0.25) is 5.91 Å². The molecule has 0 aromatic heterocycles. The van der Waals surface area contributed by atoms with Gasteiger partial charge in [0.15, 0.2) is 27.3 Å². The summed E-state index contributed by atoms with van der Waals surface area (Å²) in [5.41, 5.74) is -1.22. The minimum absolute atomic E-state index is 0.00495. The summed E-state index contributed by atoms with van der Waals surface area (Å²) in [4.78, 5) is 11.8. The molecule has 1 atom stereocenters. The Morgan fingerprint density at radius 2 is 1.95 bits per heavy atom. The van der Waals surface area contributed by atoms with E-state index in [1.807, 2.05) is 0 Å². The van der Waals surface area contributed by atoms with Gasteiger partial charge in [0, 0.05) is 0 Å². The fourth-order valence-corrected chi connectivity index (χ4v) is 4.42. The molecule has 0 spiro atoms. The van der Waals surface area contributed by atoms with Crippen LogP contribution in [0.4, 0.5) is 18.9 Å². The van der Waals surface area contributed by atoms with Crippen LogP contribution in [0.1, 0.15) is 13.3 Å². The maximum Gasteiger partial charge on any atom is 0.239 e. The minimum atomic E-state index is -3.17. The molecule has 0 radical (unpaired) electrons. The normalized spacial score (nSPS) is 23.3. The zero-order valence-corrected chi connectivity index (χ0v) is 12.6. The summed E-state index contributed by atoms with van der Waals surface area (Å²) in [6.07, 6.45) is 0.292. The van der Waals surface area contributed by atoms with Crippen molar-refractivity contribution in [3.05, 3.63) is 29.6 Å². The van der Waals surface area contributed by atoms with Crippen LogP contribution in [0.5, 0.6) is 0 Å². The Morgan fingerprint density at radius 1 is 1.27 bits per heavy atom. The number of halogens is 3. The van der Waals surface area contributed by atoms with E-state index in [4.69, 9.17) is 0 Å². The van der Waals surface area contributed by atoms with Crippen molar-refractivity contribution in [2.45, 2.75) is 18.9 Å². The highest BCUT2D eigenvalue weighted by molar-refractivity contribution is 7.91. The van der Waals surface area contributed by atoms with Crippen molar-refractivity contribution in [1.29, 1.82) is 0 Å². The standard InChI is InChI=1S/C13H15F3N2O3S/c1-13(4-5-22(20,21)7-13)18-10(19)6-17-9-3-2-8(14)11(15)12(9)16/h2-3,17H,4-7H2,1H3,(H,18,19)/t13-/m0/s1. The second kappa shape index (κ2) is 5.79. The molecule has 1 aromatic rings. The lowest BCUT2D eigenvalue weighted by molar-refractivity contribution is -0.120. The second-order valence-electron chi connectivity index (χ2n) is 5.53. The van der Waals surface area contributed by atoms with E-state index in [0.717, 1.165) is 12.1 Å². The number of carbonyl (C=O) groups is 1. The molecule has 1 saturated heterocycles. The zero-order valence-electron chi connectivity index (χ0n) is 11.8. The molecule has 0 bridgehead atoms. The van der Waals surface area contributed by atoms with Gasteiger partial charge in [0.25, 0.3) is 0 Å². The van der Waals surface area contributed by atoms with Crippen molar-refractivity contribution in [2.75, 3.05) is 23.4 Å². The molecule has 5 nitrogen and oxygen atoms in total. The number of nitrogens with one attached hydrogen (secondary N) is 2. The highest BCUT2D eigenvalue weighted by Gasteiger charge is 2.39. The molecule has 22 heavy (non-hydrogen) atoms. The molecule has 0 aliphatic carbocycles. The van der Waals surface area contributed by atoms with Crippen LogP contribution >= 0.6 is 0 Å². The van der Waals surface area contributed by atoms with Gasteiger partial charge in [-0.3, -0.25) is 4.79 Å². The second-order valence-corrected chi connectivity index (χ2v) is 7.71. The SMILES string of the molecule is C[C@]1(NC(=O)CNc2ccc(F)c(F)c2F)CCS(=O)(=O)C1. The Bertz CT molecular complexity index is 709. The third kappa shape index (κ3) is 3.70. The number of sulfone groups is 1. The lowest BCUT2D eigenvalue weighted by atomic mass is 10.0. The van der Waals surface area contributed by atoms with Crippen LogP contribution in [-0.2, 0) is 14.6 Å². The fourth-order valence-electron chi connectivity index (χ4n) is 2.33. The van der Waals surface area contributed by atoms with E-state index in [-0.39, 0.29) is 17.2 Å². The molecular formula is C13H15F3N2O3S. The van der Waals surface area contributed by atoms with E-state index >= 15 is 0 Å². The largest absolute Gasteiger partial charge is 0.374 e. The summed E-state index contributed by atoms with van der Waals surface area (Å²) >= 11 is 0. The number of anilines is 1. The van der Waals surface area contributed by atoms with Crippen LogP contribution < -0.4 is 10.6 Å². The van der Waals surface area contributed by atoms with Crippen molar-refractivity contribution < 1.29 is 26.4 Å². The van der Waals surface area contributed by atoms with Crippen LogP contribution in [-0.4, -0.2) is 37.9 Å². The van der Waals surface area contributed by atoms with Crippen LogP contribution in [0, 0.1) is 17.5 Å². The molecule has 9 heteroatoms. The predicted molar refractivity (Wildman–Crippen MR) is 74.6 cm³/mol. The molecule has 1 aliphatic heterocycles. The third-order valence-corrected chi connectivity index (χ3v) is 5.32. The average molecular weight is 336 g/mol. The Hall–Kier alpha value is -1.77. The molecule has 2 N–H and O–H groups in total. The van der Waals surface area contributed by atoms with Gasteiger partial charge < -0.3 is 10.6 Å². The van der Waals surface area contributed by atoms with Gasteiger partial charge >= 0.3 is 0 Å². The maximum atomic E-state index is 13.4. The monoisotopic (exact) mass is 336 g/mol. The van der Waals surface area contributed by atoms with Gasteiger partial charge in [0.05, 0.1) is 29.3 Å². The zero-order chi connectivity index (χ0) is 16.5. The molecule has 1 aromatic carbocycles. The number of rotatable bonds is 4. The summed E-state index contributed by atoms with van der Waals surface area (Å²) in [6, 6.07) is 1.71. The number of benzene rings is 1. The van der Waals surface area contributed by atoms with Crippen molar-refractivity contribution in [1.82, 2.24) is 5.32 Å². The van der Waals surface area contributed by atoms with Gasteiger partial charge in [0.1, 0.15) is 0 Å². The van der Waals surface area contributed by atoms with Crippen LogP contribution in [0.25, 0.3) is 0 Å². The lowest BCUT2D eigenvalue weighted by Gasteiger charge is -2.24. The van der Waals surface area contributed by atoms with E-state index in [9.17, 15) is 26.4 Å². The molecule has 1 amide bonds. The van der Waals surface area contributed by atoms with Crippen molar-refractivity contribution in [2.24, 2.45) is 0 Å². The molecular weight excluding hydrogens is 321 g/mol. The van der Waals surface area contributed by atoms with Crippen molar-refractivity contribution in [3.8, 4) is 0 Å². The van der Waals surface area contributed by atoms with Gasteiger partial charge in [-0.25, -0.2) is 21.6 Å². The van der Waals surface area contributed by atoms with Gasteiger partial charge in [-0.1, -0.05) is 0 Å². The molecule has 1 fully saturated rings. The van der Waals surface area contributed by atoms with Gasteiger partial charge in [-0.05, 0) is 25.5 Å². The van der Waals surface area contributed by atoms with Crippen LogP contribution in [0.15, 0.2) is 12.1 Å². The van der Waals surface area contributed by atoms with E-state index in [1.165, 1.54) is 0 Å². The Kier molecular flexibility index (Phi) is 4.37. The highest BCUT2D eigenvalue weighted by Crippen LogP contribution is 2.23. The Morgan fingerprint density at radius 3 is 2.55 bits per heavy atom. The maximum absolute atomic E-state index is 13.4. The van der Waals surface area contributed by atoms with E-state index in [0.29, 0.717) is 6.42 Å². The van der Waals surface area contributed by atoms with E-state index in [2.05, 4.69) is 10.6 Å². The molecule has 0 saturated carbocycles. The van der Waals surface area contributed by atoms with Crippen molar-refractivity contribution >= 4 is 21.4 Å². The summed E-state index contributed by atoms with van der Waals surface area (Å²) in [6.45, 7) is 1.21. The molecule has 1 aliphatic rings. The van der Waals surface area contributed by atoms with Gasteiger partial charge in [-0.2, -0.15) is 0 Å². The minimum Gasteiger partial charge on any atom is -0.374 e. The predicted octanol–water partition coefficient (Wildman–Crippen LogP) is 1.21. The number of carbonyl (C=O) groups excluding carboxylic acids is 1. The first-order valence-electron chi connectivity index (χ1n) is 6.51.